The summed E-state index contributed by atoms with van der Waals surface area (Å²) in [6.07, 6.45) is 0.500. The molecule has 1 N–H and O–H groups in total. The molecule has 1 amide bonds. The van der Waals surface area contributed by atoms with Gasteiger partial charge < -0.3 is 19.5 Å². The summed E-state index contributed by atoms with van der Waals surface area (Å²) < 4.78 is 15.6. The third-order valence-electron chi connectivity index (χ3n) is 3.27. The molecule has 0 aliphatic rings. The first-order chi connectivity index (χ1) is 9.94. The van der Waals surface area contributed by atoms with Gasteiger partial charge in [-0.3, -0.25) is 4.79 Å². The highest BCUT2D eigenvalue weighted by molar-refractivity contribution is 5.96. The third-order valence-corrected chi connectivity index (χ3v) is 3.27. The van der Waals surface area contributed by atoms with E-state index in [1.165, 1.54) is 21.3 Å². The highest BCUT2D eigenvalue weighted by Gasteiger charge is 2.25. The zero-order valence-corrected chi connectivity index (χ0v) is 12.9. The third kappa shape index (κ3) is 3.57. The monoisotopic (exact) mass is 292 g/mol. The van der Waals surface area contributed by atoms with Crippen molar-refractivity contribution in [3.8, 4) is 23.3 Å². The topological polar surface area (TPSA) is 80.6 Å². The van der Waals surface area contributed by atoms with Gasteiger partial charge in [0.05, 0.1) is 27.4 Å². The Morgan fingerprint density at radius 3 is 2.10 bits per heavy atom. The number of nitrogens with one attached hydrogen (secondary N) is 1. The molecule has 0 aliphatic heterocycles. The predicted molar refractivity (Wildman–Crippen MR) is 77.9 cm³/mol. The number of carbonyl (C=O) groups excluding carboxylic acids is 1. The maximum atomic E-state index is 12.3. The van der Waals surface area contributed by atoms with Gasteiger partial charge in [0, 0.05) is 5.56 Å². The molecule has 1 atom stereocenters. The quantitative estimate of drug-likeness (QED) is 0.868. The molecule has 1 aromatic rings. The number of carbonyl (C=O) groups is 1. The normalized spacial score (nSPS) is 12.8. The molecule has 0 saturated heterocycles. The first kappa shape index (κ1) is 16.6. The Morgan fingerprint density at radius 1 is 1.24 bits per heavy atom. The van der Waals surface area contributed by atoms with Gasteiger partial charge in [-0.2, -0.15) is 5.26 Å². The summed E-state index contributed by atoms with van der Waals surface area (Å²) in [6, 6.07) is 5.18. The van der Waals surface area contributed by atoms with E-state index in [2.05, 4.69) is 11.4 Å². The van der Waals surface area contributed by atoms with Crippen molar-refractivity contribution >= 4 is 5.91 Å². The lowest BCUT2D eigenvalue weighted by molar-refractivity contribution is 0.0922. The van der Waals surface area contributed by atoms with E-state index in [9.17, 15) is 4.79 Å². The predicted octanol–water partition coefficient (Wildman–Crippen LogP) is 2.13. The number of nitrogens with zero attached hydrogens (tertiary/aromatic N) is 1. The van der Waals surface area contributed by atoms with Crippen LogP contribution in [0.25, 0.3) is 0 Å². The molecule has 1 rings (SSSR count). The van der Waals surface area contributed by atoms with E-state index >= 15 is 0 Å². The van der Waals surface area contributed by atoms with Crippen molar-refractivity contribution in [3.63, 3.8) is 0 Å². The molecule has 0 bridgehead atoms. The molecule has 0 spiro atoms. The standard InChI is InChI=1S/C15H20N2O4/c1-6-15(2,9-16)17-14(18)10-7-11(19-3)13(21-5)12(8-10)20-4/h7-8H,6H2,1-5H3,(H,17,18). The number of amides is 1. The molecule has 0 heterocycles. The zero-order chi connectivity index (χ0) is 16.0. The lowest BCUT2D eigenvalue weighted by Gasteiger charge is -2.22. The molecule has 1 unspecified atom stereocenters. The van der Waals surface area contributed by atoms with Crippen LogP contribution in [0.5, 0.6) is 17.2 Å². The molecule has 21 heavy (non-hydrogen) atoms. The molecule has 1 aromatic carbocycles. The number of methoxy groups -OCH3 is 3. The largest absolute Gasteiger partial charge is 0.493 e. The van der Waals surface area contributed by atoms with Crippen LogP contribution in [0, 0.1) is 11.3 Å². The molecule has 6 nitrogen and oxygen atoms in total. The average molecular weight is 292 g/mol. The smallest absolute Gasteiger partial charge is 0.252 e. The van der Waals surface area contributed by atoms with Crippen molar-refractivity contribution in [3.05, 3.63) is 17.7 Å². The van der Waals surface area contributed by atoms with Gasteiger partial charge in [-0.15, -0.1) is 0 Å². The number of hydrogen-bond donors (Lipinski definition) is 1. The Bertz CT molecular complexity index is 540. The van der Waals surface area contributed by atoms with E-state index < -0.39 is 5.54 Å². The minimum Gasteiger partial charge on any atom is -0.493 e. The summed E-state index contributed by atoms with van der Waals surface area (Å²) in [5.41, 5.74) is -0.586. The number of benzene rings is 1. The molecule has 6 heteroatoms. The minimum atomic E-state index is -0.919. The van der Waals surface area contributed by atoms with E-state index in [1.807, 2.05) is 6.92 Å². The first-order valence-corrected chi connectivity index (χ1v) is 6.48. The highest BCUT2D eigenvalue weighted by atomic mass is 16.5. The van der Waals surface area contributed by atoms with Crippen LogP contribution in [0.3, 0.4) is 0 Å². The summed E-state index contributed by atoms with van der Waals surface area (Å²) in [7, 11) is 4.44. The van der Waals surface area contributed by atoms with Gasteiger partial charge in [-0.1, -0.05) is 6.92 Å². The van der Waals surface area contributed by atoms with E-state index in [-0.39, 0.29) is 5.91 Å². The number of nitriles is 1. The molecule has 114 valence electrons. The van der Waals surface area contributed by atoms with Crippen molar-refractivity contribution in [2.45, 2.75) is 25.8 Å². The van der Waals surface area contributed by atoms with Gasteiger partial charge in [0.25, 0.3) is 5.91 Å². The van der Waals surface area contributed by atoms with Crippen molar-refractivity contribution in [1.82, 2.24) is 5.32 Å². The summed E-state index contributed by atoms with van der Waals surface area (Å²) in [4.78, 5) is 12.3. The summed E-state index contributed by atoms with van der Waals surface area (Å²) >= 11 is 0. The SMILES string of the molecule is CCC(C)(C#N)NC(=O)c1cc(OC)c(OC)c(OC)c1. The average Bonchev–Trinajstić information content (AvgIpc) is 2.52. The van der Waals surface area contributed by atoms with Crippen LogP contribution in [0.4, 0.5) is 0 Å². The van der Waals surface area contributed by atoms with Gasteiger partial charge in [-0.05, 0) is 25.5 Å². The highest BCUT2D eigenvalue weighted by Crippen LogP contribution is 2.38. The Hall–Kier alpha value is -2.42. The fourth-order valence-electron chi connectivity index (χ4n) is 1.73. The Balaban J connectivity index is 3.20. The summed E-state index contributed by atoms with van der Waals surface area (Å²) in [5.74, 6) is 0.810. The molecule has 0 aliphatic carbocycles. The minimum absolute atomic E-state index is 0.333. The van der Waals surface area contributed by atoms with Crippen LogP contribution in [0.1, 0.15) is 30.6 Å². The number of hydrogen-bond acceptors (Lipinski definition) is 5. The number of ether oxygens (including phenoxy) is 3. The molecule has 0 aromatic heterocycles. The van der Waals surface area contributed by atoms with Crippen molar-refractivity contribution in [1.29, 1.82) is 5.26 Å². The fourth-order valence-corrected chi connectivity index (χ4v) is 1.73. The van der Waals surface area contributed by atoms with Crippen LogP contribution >= 0.6 is 0 Å². The van der Waals surface area contributed by atoms with E-state index in [1.54, 1.807) is 19.1 Å². The van der Waals surface area contributed by atoms with Gasteiger partial charge in [0.1, 0.15) is 5.54 Å². The van der Waals surface area contributed by atoms with Gasteiger partial charge in [0.2, 0.25) is 5.75 Å². The van der Waals surface area contributed by atoms with Gasteiger partial charge in [0.15, 0.2) is 11.5 Å². The zero-order valence-electron chi connectivity index (χ0n) is 12.9. The summed E-state index contributed by atoms with van der Waals surface area (Å²) in [5, 5.41) is 11.8. The second-order valence-corrected chi connectivity index (χ2v) is 4.67. The summed E-state index contributed by atoms with van der Waals surface area (Å²) in [6.45, 7) is 3.50. The van der Waals surface area contributed by atoms with Crippen molar-refractivity contribution < 1.29 is 19.0 Å². The van der Waals surface area contributed by atoms with Gasteiger partial charge in [-0.25, -0.2) is 0 Å². The van der Waals surface area contributed by atoms with E-state index in [4.69, 9.17) is 19.5 Å². The van der Waals surface area contributed by atoms with Crippen LogP contribution in [0.15, 0.2) is 12.1 Å². The lowest BCUT2D eigenvalue weighted by Crippen LogP contribution is -2.44. The van der Waals surface area contributed by atoms with Crippen LogP contribution in [-0.4, -0.2) is 32.8 Å². The maximum absolute atomic E-state index is 12.3. The second-order valence-electron chi connectivity index (χ2n) is 4.67. The van der Waals surface area contributed by atoms with Gasteiger partial charge >= 0.3 is 0 Å². The second kappa shape index (κ2) is 6.84. The Morgan fingerprint density at radius 2 is 1.76 bits per heavy atom. The van der Waals surface area contributed by atoms with E-state index in [0.29, 0.717) is 29.2 Å². The molecule has 0 radical (unpaired) electrons. The number of rotatable bonds is 6. The Labute approximate surface area is 124 Å². The maximum Gasteiger partial charge on any atom is 0.252 e. The van der Waals surface area contributed by atoms with Crippen LogP contribution in [-0.2, 0) is 0 Å². The van der Waals surface area contributed by atoms with Crippen LogP contribution < -0.4 is 19.5 Å². The van der Waals surface area contributed by atoms with E-state index in [0.717, 1.165) is 0 Å². The fraction of sp³-hybridized carbons (Fsp3) is 0.467. The molecular formula is C15H20N2O4. The van der Waals surface area contributed by atoms with Crippen molar-refractivity contribution in [2.75, 3.05) is 21.3 Å². The molecular weight excluding hydrogens is 272 g/mol. The van der Waals surface area contributed by atoms with Crippen molar-refractivity contribution in [2.24, 2.45) is 0 Å². The van der Waals surface area contributed by atoms with Crippen LogP contribution in [0.2, 0.25) is 0 Å². The lowest BCUT2D eigenvalue weighted by atomic mass is 10.0. The molecule has 0 saturated carbocycles. The molecule has 0 fully saturated rings. The first-order valence-electron chi connectivity index (χ1n) is 6.48. The Kier molecular flexibility index (Phi) is 5.42.